The first kappa shape index (κ1) is 34.3. The number of aryl methyl sites for hydroxylation is 1. The van der Waals surface area contributed by atoms with Crippen molar-refractivity contribution in [2.24, 2.45) is 0 Å². The van der Waals surface area contributed by atoms with Crippen LogP contribution in [0.5, 0.6) is 5.75 Å². The Bertz CT molecular complexity index is 1190. The van der Waals surface area contributed by atoms with Gasteiger partial charge in [0.05, 0.1) is 18.6 Å². The Morgan fingerprint density at radius 3 is 1.65 bits per heavy atom. The predicted molar refractivity (Wildman–Crippen MR) is 181 cm³/mol. The number of rotatable bonds is 23. The topological polar surface area (TPSA) is 43.4 Å². The fourth-order valence-corrected chi connectivity index (χ4v) is 5.58. The maximum Gasteiger partial charge on any atom is 0.174 e. The zero-order valence-corrected chi connectivity index (χ0v) is 26.9. The van der Waals surface area contributed by atoms with Gasteiger partial charge in [0.2, 0.25) is 0 Å². The number of para-hydroxylation sites is 1. The van der Waals surface area contributed by atoms with Gasteiger partial charge in [0, 0.05) is 5.56 Å². The van der Waals surface area contributed by atoms with Crippen LogP contribution in [-0.2, 0) is 6.42 Å². The second-order valence-corrected chi connectivity index (χ2v) is 12.0. The lowest BCUT2D eigenvalue weighted by molar-refractivity contribution is 0.0892. The zero-order valence-electron chi connectivity index (χ0n) is 26.9. The van der Waals surface area contributed by atoms with E-state index in [9.17, 15) is 9.59 Å². The van der Waals surface area contributed by atoms with Crippen molar-refractivity contribution in [2.45, 2.75) is 123 Å². The predicted octanol–water partition coefficient (Wildman–Crippen LogP) is 11.6. The first-order valence-corrected chi connectivity index (χ1v) is 17.1. The van der Waals surface area contributed by atoms with Crippen LogP contribution >= 0.6 is 0 Å². The van der Waals surface area contributed by atoms with E-state index in [4.69, 9.17) is 4.74 Å². The van der Waals surface area contributed by atoms with Crippen LogP contribution < -0.4 is 4.74 Å². The van der Waals surface area contributed by atoms with Crippen molar-refractivity contribution in [3.05, 3.63) is 89.5 Å². The first-order chi connectivity index (χ1) is 21.1. The lowest BCUT2D eigenvalue weighted by Crippen LogP contribution is -2.11. The summed E-state index contributed by atoms with van der Waals surface area (Å²) < 4.78 is 5.92. The Kier molecular flexibility index (Phi) is 16.5. The Morgan fingerprint density at radius 1 is 0.535 bits per heavy atom. The molecule has 3 rings (SSSR count). The maximum absolute atomic E-state index is 13.0. The van der Waals surface area contributed by atoms with Crippen molar-refractivity contribution >= 4 is 11.6 Å². The fraction of sp³-hybridized carbons (Fsp3) is 0.500. The van der Waals surface area contributed by atoms with E-state index >= 15 is 0 Å². The first-order valence-electron chi connectivity index (χ1n) is 17.1. The van der Waals surface area contributed by atoms with Gasteiger partial charge >= 0.3 is 0 Å². The molecule has 3 aromatic carbocycles. The highest BCUT2D eigenvalue weighted by Gasteiger charge is 2.17. The highest BCUT2D eigenvalue weighted by molar-refractivity contribution is 6.14. The molecule has 0 aliphatic carbocycles. The quantitative estimate of drug-likeness (QED) is 0.0634. The van der Waals surface area contributed by atoms with Gasteiger partial charge in [0.15, 0.2) is 11.6 Å². The molecule has 0 fully saturated rings. The molecule has 0 heterocycles. The van der Waals surface area contributed by atoms with Crippen LogP contribution in [0.2, 0.25) is 0 Å². The standard InChI is InChI=1S/C40H54O3/c1-3-5-7-9-10-11-12-13-14-16-20-33-23-25-34(26-24-33)35-27-29-36(30-28-35)38(41)32-39(42)37-21-17-18-22-40(37)43-31-19-15-8-6-4-2/h17-18,21-30H,3-16,19-20,31-32H2,1-2H3. The van der Waals surface area contributed by atoms with Crippen LogP contribution in [0.4, 0.5) is 0 Å². The van der Waals surface area contributed by atoms with Crippen LogP contribution in [0, 0.1) is 0 Å². The van der Waals surface area contributed by atoms with E-state index in [0.29, 0.717) is 23.5 Å². The molecule has 3 nitrogen and oxygen atoms in total. The summed E-state index contributed by atoms with van der Waals surface area (Å²) in [7, 11) is 0. The highest BCUT2D eigenvalue weighted by atomic mass is 16.5. The van der Waals surface area contributed by atoms with Crippen molar-refractivity contribution in [1.82, 2.24) is 0 Å². The minimum Gasteiger partial charge on any atom is -0.493 e. The van der Waals surface area contributed by atoms with Crippen molar-refractivity contribution < 1.29 is 14.3 Å². The number of carbonyl (C=O) groups is 2. The molecule has 0 amide bonds. The van der Waals surface area contributed by atoms with Gasteiger partial charge in [-0.3, -0.25) is 9.59 Å². The minimum atomic E-state index is -0.200. The van der Waals surface area contributed by atoms with E-state index in [-0.39, 0.29) is 18.0 Å². The van der Waals surface area contributed by atoms with E-state index in [0.717, 1.165) is 30.4 Å². The number of ketones is 2. The number of hydrogen-bond acceptors (Lipinski definition) is 3. The summed E-state index contributed by atoms with van der Waals surface area (Å²) in [6, 6.07) is 23.7. The monoisotopic (exact) mass is 582 g/mol. The number of unbranched alkanes of at least 4 members (excludes halogenated alkanes) is 13. The SMILES string of the molecule is CCCCCCCCCCCCc1ccc(-c2ccc(C(=O)CC(=O)c3ccccc3OCCCCCCC)cc2)cc1. The molecule has 0 saturated heterocycles. The molecular weight excluding hydrogens is 528 g/mol. The second-order valence-electron chi connectivity index (χ2n) is 12.0. The lowest BCUT2D eigenvalue weighted by Gasteiger charge is -2.11. The Hall–Kier alpha value is -3.20. The van der Waals surface area contributed by atoms with Gasteiger partial charge < -0.3 is 4.74 Å². The van der Waals surface area contributed by atoms with Crippen LogP contribution in [0.3, 0.4) is 0 Å². The van der Waals surface area contributed by atoms with Crippen LogP contribution in [-0.4, -0.2) is 18.2 Å². The minimum absolute atomic E-state index is 0.163. The molecule has 0 aliphatic rings. The summed E-state index contributed by atoms with van der Waals surface area (Å²) in [5, 5.41) is 0. The normalized spacial score (nSPS) is 11.0. The lowest BCUT2D eigenvalue weighted by atomic mass is 9.97. The van der Waals surface area contributed by atoms with E-state index < -0.39 is 0 Å². The van der Waals surface area contributed by atoms with Crippen molar-refractivity contribution in [3.8, 4) is 16.9 Å². The van der Waals surface area contributed by atoms with E-state index in [1.807, 2.05) is 42.5 Å². The molecule has 0 aromatic heterocycles. The zero-order chi connectivity index (χ0) is 30.5. The average Bonchev–Trinajstić information content (AvgIpc) is 3.04. The van der Waals surface area contributed by atoms with Gasteiger partial charge in [-0.25, -0.2) is 0 Å². The molecule has 43 heavy (non-hydrogen) atoms. The van der Waals surface area contributed by atoms with Gasteiger partial charge in [-0.05, 0) is 48.1 Å². The molecule has 0 unspecified atom stereocenters. The Morgan fingerprint density at radius 2 is 1.05 bits per heavy atom. The number of carbonyl (C=O) groups excluding carboxylic acids is 2. The number of benzene rings is 3. The van der Waals surface area contributed by atoms with Gasteiger partial charge in [0.1, 0.15) is 5.75 Å². The Labute approximate surface area is 261 Å². The molecule has 0 saturated carbocycles. The molecule has 0 aliphatic heterocycles. The van der Waals surface area contributed by atoms with Crippen molar-refractivity contribution in [1.29, 1.82) is 0 Å². The molecule has 0 bridgehead atoms. The van der Waals surface area contributed by atoms with Crippen molar-refractivity contribution in [2.75, 3.05) is 6.61 Å². The molecule has 232 valence electrons. The third kappa shape index (κ3) is 12.9. The summed E-state index contributed by atoms with van der Waals surface area (Å²) in [5.74, 6) is 0.203. The molecule has 3 aromatic rings. The summed E-state index contributed by atoms with van der Waals surface area (Å²) in [6.07, 6.45) is 20.3. The van der Waals surface area contributed by atoms with E-state index in [1.54, 1.807) is 6.07 Å². The maximum atomic E-state index is 13.0. The molecule has 0 N–H and O–H groups in total. The Balaban J connectivity index is 1.42. The smallest absolute Gasteiger partial charge is 0.174 e. The number of hydrogen-bond donors (Lipinski definition) is 0. The third-order valence-corrected chi connectivity index (χ3v) is 8.33. The number of ether oxygens (including phenoxy) is 1. The summed E-state index contributed by atoms with van der Waals surface area (Å²) in [4.78, 5) is 26.0. The summed E-state index contributed by atoms with van der Waals surface area (Å²) in [6.45, 7) is 5.06. The molecule has 0 atom stereocenters. The third-order valence-electron chi connectivity index (χ3n) is 8.33. The molecule has 0 spiro atoms. The van der Waals surface area contributed by atoms with Gasteiger partial charge in [-0.2, -0.15) is 0 Å². The summed E-state index contributed by atoms with van der Waals surface area (Å²) in [5.41, 5.74) is 4.64. The molecular formula is C40H54O3. The largest absolute Gasteiger partial charge is 0.493 e. The van der Waals surface area contributed by atoms with Crippen molar-refractivity contribution in [3.63, 3.8) is 0 Å². The van der Waals surface area contributed by atoms with Gasteiger partial charge in [-0.15, -0.1) is 0 Å². The van der Waals surface area contributed by atoms with E-state index in [2.05, 4.69) is 38.1 Å². The summed E-state index contributed by atoms with van der Waals surface area (Å²) >= 11 is 0. The van der Waals surface area contributed by atoms with Crippen LogP contribution in [0.1, 0.15) is 143 Å². The number of Topliss-reactive ketones (excluding diaryl/α,β-unsaturated/α-hetero) is 2. The van der Waals surface area contributed by atoms with Gasteiger partial charge in [-0.1, -0.05) is 158 Å². The van der Waals surface area contributed by atoms with Gasteiger partial charge in [0.25, 0.3) is 0 Å². The fourth-order valence-electron chi connectivity index (χ4n) is 5.58. The molecule has 3 heteroatoms. The van der Waals surface area contributed by atoms with E-state index in [1.165, 1.54) is 89.0 Å². The van der Waals surface area contributed by atoms with Crippen LogP contribution in [0.15, 0.2) is 72.8 Å². The average molecular weight is 583 g/mol. The van der Waals surface area contributed by atoms with Crippen LogP contribution in [0.25, 0.3) is 11.1 Å². The molecule has 0 radical (unpaired) electrons. The second kappa shape index (κ2) is 20.7. The highest BCUT2D eigenvalue weighted by Crippen LogP contribution is 2.24.